The number of allylic oxidation sites excluding steroid dienone is 2. The number of rotatable bonds is 16. The van der Waals surface area contributed by atoms with Gasteiger partial charge in [0.25, 0.3) is 0 Å². The molecule has 28 heavy (non-hydrogen) atoms. The third kappa shape index (κ3) is 9.90. The van der Waals surface area contributed by atoms with Crippen molar-refractivity contribution >= 4 is 18.0 Å². The van der Waals surface area contributed by atoms with Crippen LogP contribution >= 0.6 is 0 Å². The molecule has 1 heterocycles. The van der Waals surface area contributed by atoms with Crippen molar-refractivity contribution in [3.8, 4) is 0 Å². The van der Waals surface area contributed by atoms with Crippen LogP contribution in [0.2, 0.25) is 0 Å². The van der Waals surface area contributed by atoms with E-state index in [0.29, 0.717) is 6.42 Å². The van der Waals surface area contributed by atoms with Crippen molar-refractivity contribution in [3.63, 3.8) is 0 Å². The minimum Gasteiger partial charge on any atom is -0.480 e. The summed E-state index contributed by atoms with van der Waals surface area (Å²) >= 11 is 0. The standard InChI is InChI=1S/C22H37NO5/c1-2-3-4-5-6-7-8-9-10-11-12-13-14-15-16-17-20(24)23-19(21(25)26)18-28-22(23)27/h9-10,19H,2-8,11-18H2,1H3,(H,25,26)/b10-9-. The van der Waals surface area contributed by atoms with Crippen LogP contribution in [0.3, 0.4) is 0 Å². The van der Waals surface area contributed by atoms with E-state index >= 15 is 0 Å². The van der Waals surface area contributed by atoms with Gasteiger partial charge in [-0.3, -0.25) is 4.79 Å². The Labute approximate surface area is 169 Å². The average molecular weight is 396 g/mol. The second-order valence-corrected chi connectivity index (χ2v) is 7.53. The van der Waals surface area contributed by atoms with Gasteiger partial charge in [0.15, 0.2) is 6.04 Å². The molecule has 1 atom stereocenters. The minimum atomic E-state index is -1.20. The fourth-order valence-electron chi connectivity index (χ4n) is 3.35. The molecule has 0 aromatic carbocycles. The van der Waals surface area contributed by atoms with Crippen molar-refractivity contribution in [1.29, 1.82) is 0 Å². The van der Waals surface area contributed by atoms with Crippen LogP contribution in [0.5, 0.6) is 0 Å². The van der Waals surface area contributed by atoms with Gasteiger partial charge in [0.05, 0.1) is 0 Å². The van der Waals surface area contributed by atoms with Crippen LogP contribution in [0, 0.1) is 0 Å². The molecular formula is C22H37NO5. The topological polar surface area (TPSA) is 83.9 Å². The lowest BCUT2D eigenvalue weighted by molar-refractivity contribution is -0.146. The zero-order valence-corrected chi connectivity index (χ0v) is 17.4. The third-order valence-electron chi connectivity index (χ3n) is 5.08. The second-order valence-electron chi connectivity index (χ2n) is 7.53. The Morgan fingerprint density at radius 3 is 2.07 bits per heavy atom. The Morgan fingerprint density at radius 1 is 0.964 bits per heavy atom. The number of ether oxygens (including phenoxy) is 1. The molecule has 0 bridgehead atoms. The molecule has 1 unspecified atom stereocenters. The van der Waals surface area contributed by atoms with Crippen LogP contribution in [-0.2, 0) is 14.3 Å². The van der Waals surface area contributed by atoms with E-state index in [-0.39, 0.29) is 13.0 Å². The number of carbonyl (C=O) groups is 3. The molecule has 0 spiro atoms. The summed E-state index contributed by atoms with van der Waals surface area (Å²) in [4.78, 5) is 35.4. The van der Waals surface area contributed by atoms with Crippen molar-refractivity contribution in [1.82, 2.24) is 4.90 Å². The van der Waals surface area contributed by atoms with Crippen LogP contribution in [0.1, 0.15) is 96.8 Å². The summed E-state index contributed by atoms with van der Waals surface area (Å²) in [6.45, 7) is 1.98. The minimum absolute atomic E-state index is 0.192. The van der Waals surface area contributed by atoms with Crippen molar-refractivity contribution in [2.75, 3.05) is 6.61 Å². The Morgan fingerprint density at radius 2 is 1.50 bits per heavy atom. The highest BCUT2D eigenvalue weighted by atomic mass is 16.6. The number of nitrogens with zero attached hydrogens (tertiary/aromatic N) is 1. The van der Waals surface area contributed by atoms with Crippen molar-refractivity contribution in [3.05, 3.63) is 12.2 Å². The maximum absolute atomic E-state index is 12.1. The zero-order valence-electron chi connectivity index (χ0n) is 17.4. The van der Waals surface area contributed by atoms with Gasteiger partial charge in [0, 0.05) is 6.42 Å². The molecule has 6 heteroatoms. The highest BCUT2D eigenvalue weighted by molar-refractivity contribution is 5.98. The summed E-state index contributed by atoms with van der Waals surface area (Å²) in [5.41, 5.74) is 0. The number of cyclic esters (lactones) is 1. The monoisotopic (exact) mass is 395 g/mol. The summed E-state index contributed by atoms with van der Waals surface area (Å²) in [6, 6.07) is -1.18. The van der Waals surface area contributed by atoms with E-state index in [0.717, 1.165) is 37.0 Å². The first-order chi connectivity index (χ1) is 13.6. The molecule has 1 aliphatic heterocycles. The molecule has 1 saturated heterocycles. The van der Waals surface area contributed by atoms with Crippen LogP contribution < -0.4 is 0 Å². The van der Waals surface area contributed by atoms with Gasteiger partial charge in [-0.25, -0.2) is 14.5 Å². The lowest BCUT2D eigenvalue weighted by Crippen LogP contribution is -2.43. The number of amides is 2. The quantitative estimate of drug-likeness (QED) is 0.277. The fraction of sp³-hybridized carbons (Fsp3) is 0.773. The molecule has 1 aliphatic rings. The molecular weight excluding hydrogens is 358 g/mol. The number of hydrogen-bond acceptors (Lipinski definition) is 4. The van der Waals surface area contributed by atoms with Crippen molar-refractivity contribution < 1.29 is 24.2 Å². The van der Waals surface area contributed by atoms with E-state index in [1.54, 1.807) is 0 Å². The molecule has 0 radical (unpaired) electrons. The lowest BCUT2D eigenvalue weighted by atomic mass is 10.1. The molecule has 160 valence electrons. The predicted molar refractivity (Wildman–Crippen MR) is 109 cm³/mol. The van der Waals surface area contributed by atoms with Crippen LogP contribution in [0.15, 0.2) is 12.2 Å². The SMILES string of the molecule is CCCCCCCC/C=C\CCCCCCCC(=O)N1C(=O)OCC1C(=O)O. The van der Waals surface area contributed by atoms with Gasteiger partial charge in [-0.15, -0.1) is 0 Å². The second kappa shape index (κ2) is 15.1. The fourth-order valence-corrected chi connectivity index (χ4v) is 3.35. The maximum atomic E-state index is 12.1. The Kier molecular flexibility index (Phi) is 13.1. The molecule has 0 aromatic heterocycles. The van der Waals surface area contributed by atoms with E-state index in [1.165, 1.54) is 44.9 Å². The number of carboxylic acids is 1. The zero-order chi connectivity index (χ0) is 20.6. The number of imide groups is 1. The molecule has 0 aromatic rings. The first-order valence-electron chi connectivity index (χ1n) is 10.9. The van der Waals surface area contributed by atoms with Gasteiger partial charge in [-0.2, -0.15) is 0 Å². The van der Waals surface area contributed by atoms with Gasteiger partial charge < -0.3 is 9.84 Å². The Balaban J connectivity index is 1.96. The van der Waals surface area contributed by atoms with Crippen LogP contribution in [-0.4, -0.2) is 40.6 Å². The van der Waals surface area contributed by atoms with Gasteiger partial charge in [-0.05, 0) is 32.1 Å². The number of aliphatic carboxylic acids is 1. The first-order valence-corrected chi connectivity index (χ1v) is 10.9. The van der Waals surface area contributed by atoms with Gasteiger partial charge in [-0.1, -0.05) is 70.4 Å². The number of carboxylic acid groups (broad SMARTS) is 1. The molecule has 2 amide bonds. The highest BCUT2D eigenvalue weighted by Crippen LogP contribution is 2.16. The number of hydrogen-bond donors (Lipinski definition) is 1. The van der Waals surface area contributed by atoms with Crippen molar-refractivity contribution in [2.45, 2.75) is 103 Å². The molecule has 6 nitrogen and oxygen atoms in total. The molecule has 1 N–H and O–H groups in total. The van der Waals surface area contributed by atoms with E-state index < -0.39 is 24.0 Å². The summed E-state index contributed by atoms with van der Waals surface area (Å²) in [5.74, 6) is -1.66. The lowest BCUT2D eigenvalue weighted by Gasteiger charge is -2.15. The molecule has 1 fully saturated rings. The summed E-state index contributed by atoms with van der Waals surface area (Å²) in [7, 11) is 0. The van der Waals surface area contributed by atoms with Gasteiger partial charge in [0.1, 0.15) is 6.61 Å². The van der Waals surface area contributed by atoms with Crippen LogP contribution in [0.4, 0.5) is 4.79 Å². The van der Waals surface area contributed by atoms with Crippen LogP contribution in [0.25, 0.3) is 0 Å². The molecule has 0 aliphatic carbocycles. The largest absolute Gasteiger partial charge is 0.480 e. The predicted octanol–water partition coefficient (Wildman–Crippen LogP) is 5.46. The summed E-state index contributed by atoms with van der Waals surface area (Å²) < 4.78 is 4.67. The average Bonchev–Trinajstić information content (AvgIpc) is 3.06. The van der Waals surface area contributed by atoms with Gasteiger partial charge in [0.2, 0.25) is 5.91 Å². The number of unbranched alkanes of at least 4 members (excludes halogenated alkanes) is 11. The summed E-state index contributed by atoms with van der Waals surface area (Å²) in [6.07, 6.45) is 19.1. The summed E-state index contributed by atoms with van der Waals surface area (Å²) in [5, 5.41) is 9.02. The van der Waals surface area contributed by atoms with E-state index in [9.17, 15) is 14.4 Å². The Bertz CT molecular complexity index is 503. The van der Waals surface area contributed by atoms with E-state index in [4.69, 9.17) is 5.11 Å². The number of carbonyl (C=O) groups excluding carboxylic acids is 2. The third-order valence-corrected chi connectivity index (χ3v) is 5.08. The Hall–Kier alpha value is -1.85. The van der Waals surface area contributed by atoms with Gasteiger partial charge >= 0.3 is 12.1 Å². The van der Waals surface area contributed by atoms with Crippen molar-refractivity contribution in [2.24, 2.45) is 0 Å². The maximum Gasteiger partial charge on any atom is 0.417 e. The van der Waals surface area contributed by atoms with E-state index in [1.807, 2.05) is 0 Å². The first kappa shape index (κ1) is 24.2. The highest BCUT2D eigenvalue weighted by Gasteiger charge is 2.41. The normalized spacial score (nSPS) is 16.7. The molecule has 0 saturated carbocycles. The molecule has 1 rings (SSSR count). The smallest absolute Gasteiger partial charge is 0.417 e. The van der Waals surface area contributed by atoms with E-state index in [2.05, 4.69) is 23.8 Å².